The van der Waals surface area contributed by atoms with Crippen molar-refractivity contribution in [2.24, 2.45) is 17.3 Å². The standard InChI is InChI=1S/C29H30N2O4/c1-16(32)31-14-17-9-24(33)22-12-20-5-7-29(2)23(28(20)35-26(22)10-17)13-25(34)27(29)19-4-3-18-6-8-30-15-21(18)11-19/h3-4,6,8,11-12,15,17,23,27-28H,5,7,9-10,13-14H2,1-2H3,(H,31,32)/t17?,23?,27-,28+,29-/m0/s1. The predicted molar refractivity (Wildman–Crippen MR) is 131 cm³/mol. The molecule has 0 spiro atoms. The molecule has 1 N–H and O–H groups in total. The smallest absolute Gasteiger partial charge is 0.216 e. The van der Waals surface area contributed by atoms with Crippen LogP contribution in [-0.2, 0) is 19.1 Å². The zero-order valence-corrected chi connectivity index (χ0v) is 20.2. The molecule has 6 heteroatoms. The number of ketones is 2. The lowest BCUT2D eigenvalue weighted by molar-refractivity contribution is -0.121. The average Bonchev–Trinajstić information content (AvgIpc) is 3.12. The van der Waals surface area contributed by atoms with E-state index in [1.165, 1.54) is 6.92 Å². The van der Waals surface area contributed by atoms with Crippen LogP contribution in [-0.4, -0.2) is 35.1 Å². The molecule has 5 atom stereocenters. The van der Waals surface area contributed by atoms with Gasteiger partial charge in [-0.25, -0.2) is 0 Å². The second-order valence-corrected chi connectivity index (χ2v) is 10.9. The Morgan fingerprint density at radius 1 is 1.17 bits per heavy atom. The summed E-state index contributed by atoms with van der Waals surface area (Å²) in [7, 11) is 0. The van der Waals surface area contributed by atoms with Crippen molar-refractivity contribution in [2.45, 2.75) is 58.0 Å². The monoisotopic (exact) mass is 470 g/mol. The van der Waals surface area contributed by atoms with Crippen LogP contribution in [0.25, 0.3) is 10.8 Å². The fraction of sp³-hybridized carbons (Fsp3) is 0.448. The first-order chi connectivity index (χ1) is 16.8. The van der Waals surface area contributed by atoms with Gasteiger partial charge >= 0.3 is 0 Å². The van der Waals surface area contributed by atoms with Gasteiger partial charge in [0.05, 0.1) is 5.57 Å². The Bertz CT molecular complexity index is 1320. The van der Waals surface area contributed by atoms with Gasteiger partial charge in [-0.15, -0.1) is 0 Å². The molecule has 1 aliphatic heterocycles. The number of amides is 1. The van der Waals surface area contributed by atoms with E-state index >= 15 is 0 Å². The number of hydrogen-bond acceptors (Lipinski definition) is 5. The summed E-state index contributed by atoms with van der Waals surface area (Å²) < 4.78 is 6.60. The number of ether oxygens (including phenoxy) is 1. The third kappa shape index (κ3) is 3.62. The van der Waals surface area contributed by atoms with Crippen LogP contribution in [0.15, 0.2) is 59.6 Å². The predicted octanol–water partition coefficient (Wildman–Crippen LogP) is 4.40. The highest BCUT2D eigenvalue weighted by molar-refractivity contribution is 6.00. The molecule has 3 aliphatic carbocycles. The first-order valence-electron chi connectivity index (χ1n) is 12.6. The van der Waals surface area contributed by atoms with Gasteiger partial charge < -0.3 is 10.1 Å². The Labute approximate surface area is 204 Å². The van der Waals surface area contributed by atoms with Gasteiger partial charge in [-0.2, -0.15) is 0 Å². The minimum Gasteiger partial charge on any atom is -0.489 e. The summed E-state index contributed by atoms with van der Waals surface area (Å²) in [5.41, 5.74) is 2.70. The number of hydrogen-bond donors (Lipinski definition) is 1. The van der Waals surface area contributed by atoms with Gasteiger partial charge in [0.15, 0.2) is 5.78 Å². The second-order valence-electron chi connectivity index (χ2n) is 10.9. The van der Waals surface area contributed by atoms with E-state index in [1.807, 2.05) is 12.3 Å². The van der Waals surface area contributed by atoms with Gasteiger partial charge in [-0.05, 0) is 58.9 Å². The molecule has 1 aromatic heterocycles. The van der Waals surface area contributed by atoms with Crippen LogP contribution in [0.3, 0.4) is 0 Å². The van der Waals surface area contributed by atoms with Gasteiger partial charge in [-0.1, -0.05) is 19.1 Å². The number of benzene rings is 1. The molecular weight excluding hydrogens is 440 g/mol. The number of rotatable bonds is 3. The van der Waals surface area contributed by atoms with Crippen molar-refractivity contribution >= 4 is 28.2 Å². The fourth-order valence-corrected chi connectivity index (χ4v) is 6.92. The first-order valence-corrected chi connectivity index (χ1v) is 12.6. The van der Waals surface area contributed by atoms with Crippen molar-refractivity contribution < 1.29 is 19.1 Å². The summed E-state index contributed by atoms with van der Waals surface area (Å²) in [6.07, 6.45) is 8.80. The minimum atomic E-state index is -0.207. The third-order valence-corrected chi connectivity index (χ3v) is 8.72. The van der Waals surface area contributed by atoms with Crippen LogP contribution in [0.2, 0.25) is 0 Å². The second kappa shape index (κ2) is 8.14. The molecule has 35 heavy (non-hydrogen) atoms. The summed E-state index contributed by atoms with van der Waals surface area (Å²) in [5.74, 6) is 0.954. The van der Waals surface area contributed by atoms with Gasteiger partial charge in [0.1, 0.15) is 17.6 Å². The summed E-state index contributed by atoms with van der Waals surface area (Å²) >= 11 is 0. The Morgan fingerprint density at radius 2 is 2.03 bits per heavy atom. The Balaban J connectivity index is 1.29. The van der Waals surface area contributed by atoms with Gasteiger partial charge in [0.2, 0.25) is 5.91 Å². The fourth-order valence-electron chi connectivity index (χ4n) is 6.92. The number of Topliss-reactive ketones (excluding diaryl/α,β-unsaturated/α-hetero) is 2. The van der Waals surface area contributed by atoms with Crippen molar-refractivity contribution in [3.05, 3.63) is 65.2 Å². The molecule has 4 aliphatic rings. The molecule has 6 nitrogen and oxygen atoms in total. The SMILES string of the molecule is CC(=O)NCC1CC(=O)C2=C(C1)O[C@@H]1C(=C2)CC[C@@]2(C)C1CC(=O)[C@@H]2c1ccc2ccncc2c1. The Morgan fingerprint density at radius 3 is 2.86 bits per heavy atom. The molecule has 0 saturated heterocycles. The van der Waals surface area contributed by atoms with Crippen LogP contribution in [0.1, 0.15) is 57.4 Å². The third-order valence-electron chi connectivity index (χ3n) is 8.72. The quantitative estimate of drug-likeness (QED) is 0.719. The Kier molecular flexibility index (Phi) is 5.17. The number of fused-ring (bicyclic) bond motifs is 4. The lowest BCUT2D eigenvalue weighted by Crippen LogP contribution is -2.44. The molecule has 2 heterocycles. The van der Waals surface area contributed by atoms with E-state index in [9.17, 15) is 14.4 Å². The van der Waals surface area contributed by atoms with E-state index in [0.717, 1.165) is 40.5 Å². The molecule has 0 bridgehead atoms. The molecule has 180 valence electrons. The van der Waals surface area contributed by atoms with Gasteiger partial charge in [-0.3, -0.25) is 19.4 Å². The molecule has 6 rings (SSSR count). The summed E-state index contributed by atoms with van der Waals surface area (Å²) in [5, 5.41) is 5.01. The number of nitrogens with zero attached hydrogens (tertiary/aromatic N) is 1. The molecule has 1 amide bonds. The Hall–Kier alpha value is -3.28. The van der Waals surface area contributed by atoms with Crippen LogP contribution in [0.5, 0.6) is 0 Å². The maximum Gasteiger partial charge on any atom is 0.216 e. The topological polar surface area (TPSA) is 85.4 Å². The van der Waals surface area contributed by atoms with Gasteiger partial charge in [0.25, 0.3) is 0 Å². The van der Waals surface area contributed by atoms with Gasteiger partial charge in [0, 0.05) is 62.3 Å². The highest BCUT2D eigenvalue weighted by atomic mass is 16.5. The van der Waals surface area contributed by atoms with E-state index < -0.39 is 0 Å². The lowest BCUT2D eigenvalue weighted by Gasteiger charge is -2.47. The zero-order valence-electron chi connectivity index (χ0n) is 20.2. The number of carbonyl (C=O) groups is 3. The van der Waals surface area contributed by atoms with Crippen LogP contribution in [0.4, 0.5) is 0 Å². The van der Waals surface area contributed by atoms with Crippen molar-refractivity contribution in [3.63, 3.8) is 0 Å². The molecule has 0 radical (unpaired) electrons. The summed E-state index contributed by atoms with van der Waals surface area (Å²) in [6.45, 7) is 4.21. The van der Waals surface area contributed by atoms with Crippen LogP contribution < -0.4 is 5.32 Å². The van der Waals surface area contributed by atoms with Crippen LogP contribution in [0, 0.1) is 17.3 Å². The normalized spacial score (nSPS) is 31.9. The summed E-state index contributed by atoms with van der Waals surface area (Å²) in [6, 6.07) is 8.29. The van der Waals surface area contributed by atoms with Crippen molar-refractivity contribution in [2.75, 3.05) is 6.54 Å². The first kappa shape index (κ1) is 22.2. The number of allylic oxidation sites excluding steroid dienone is 3. The summed E-state index contributed by atoms with van der Waals surface area (Å²) in [4.78, 5) is 42.0. The molecule has 1 aromatic carbocycles. The van der Waals surface area contributed by atoms with E-state index in [4.69, 9.17) is 4.74 Å². The zero-order chi connectivity index (χ0) is 24.3. The highest BCUT2D eigenvalue weighted by Gasteiger charge is 2.58. The van der Waals surface area contributed by atoms with Crippen molar-refractivity contribution in [1.29, 1.82) is 0 Å². The maximum atomic E-state index is 13.5. The lowest BCUT2D eigenvalue weighted by atomic mass is 9.61. The number of carbonyl (C=O) groups excluding carboxylic acids is 3. The largest absolute Gasteiger partial charge is 0.489 e. The highest BCUT2D eigenvalue weighted by Crippen LogP contribution is 2.60. The minimum absolute atomic E-state index is 0.0410. The number of aromatic nitrogens is 1. The van der Waals surface area contributed by atoms with Crippen molar-refractivity contribution in [1.82, 2.24) is 10.3 Å². The molecule has 2 aromatic rings. The van der Waals surface area contributed by atoms with Crippen LogP contribution >= 0.6 is 0 Å². The number of nitrogens with one attached hydrogen (secondary N) is 1. The average molecular weight is 471 g/mol. The van der Waals surface area contributed by atoms with E-state index in [-0.39, 0.29) is 46.7 Å². The molecule has 2 saturated carbocycles. The van der Waals surface area contributed by atoms with E-state index in [0.29, 0.717) is 31.4 Å². The molecule has 2 unspecified atom stereocenters. The number of pyridine rings is 1. The van der Waals surface area contributed by atoms with E-state index in [2.05, 4.69) is 41.5 Å². The molecule has 2 fully saturated rings. The maximum absolute atomic E-state index is 13.5. The van der Waals surface area contributed by atoms with E-state index in [1.54, 1.807) is 6.20 Å². The molecular formula is C29H30N2O4. The van der Waals surface area contributed by atoms with Crippen molar-refractivity contribution in [3.8, 4) is 0 Å².